The van der Waals surface area contributed by atoms with Crippen molar-refractivity contribution in [3.8, 4) is 17.1 Å². The van der Waals surface area contributed by atoms with Crippen LogP contribution in [0.2, 0.25) is 0 Å². The van der Waals surface area contributed by atoms with Crippen LogP contribution in [-0.2, 0) is 11.3 Å². The van der Waals surface area contributed by atoms with E-state index in [1.807, 2.05) is 29.2 Å². The molecule has 3 rings (SSSR count). The zero-order valence-corrected chi connectivity index (χ0v) is 11.5. The van der Waals surface area contributed by atoms with Crippen molar-refractivity contribution in [3.63, 3.8) is 0 Å². The number of aliphatic carboxylic acids is 1. The van der Waals surface area contributed by atoms with Crippen LogP contribution in [0.1, 0.15) is 5.89 Å². The van der Waals surface area contributed by atoms with Gasteiger partial charge in [-0.15, -0.1) is 0 Å². The third kappa shape index (κ3) is 2.87. The fraction of sp³-hybridized carbons (Fsp3) is 0.357. The van der Waals surface area contributed by atoms with Gasteiger partial charge in [0.15, 0.2) is 0 Å². The van der Waals surface area contributed by atoms with Gasteiger partial charge in [0.1, 0.15) is 5.75 Å². The molecule has 1 saturated heterocycles. The van der Waals surface area contributed by atoms with Gasteiger partial charge in [-0.25, -0.2) is 0 Å². The maximum atomic E-state index is 10.7. The lowest BCUT2D eigenvalue weighted by atomic mass is 10.0. The van der Waals surface area contributed by atoms with Crippen molar-refractivity contribution in [2.24, 2.45) is 5.92 Å². The number of hydrogen-bond donors (Lipinski definition) is 1. The number of rotatable bonds is 5. The number of likely N-dealkylation sites (tertiary alicyclic amines) is 1. The predicted molar refractivity (Wildman–Crippen MR) is 72.7 cm³/mol. The Kier molecular flexibility index (Phi) is 3.57. The first-order chi connectivity index (χ1) is 10.2. The first-order valence-electron chi connectivity index (χ1n) is 6.58. The van der Waals surface area contributed by atoms with Crippen molar-refractivity contribution in [2.75, 3.05) is 20.2 Å². The molecule has 2 aromatic rings. The van der Waals surface area contributed by atoms with E-state index in [2.05, 4.69) is 10.1 Å². The van der Waals surface area contributed by atoms with Crippen LogP contribution in [0.15, 0.2) is 28.8 Å². The predicted octanol–water partition coefficient (Wildman–Crippen LogP) is 1.26. The van der Waals surface area contributed by atoms with E-state index in [0.717, 1.165) is 11.3 Å². The van der Waals surface area contributed by atoms with E-state index in [1.54, 1.807) is 7.11 Å². The monoisotopic (exact) mass is 289 g/mol. The van der Waals surface area contributed by atoms with Crippen LogP contribution in [-0.4, -0.2) is 46.3 Å². The van der Waals surface area contributed by atoms with Crippen LogP contribution < -0.4 is 4.74 Å². The van der Waals surface area contributed by atoms with E-state index in [-0.39, 0.29) is 5.92 Å². The van der Waals surface area contributed by atoms with Crippen molar-refractivity contribution in [1.82, 2.24) is 15.0 Å². The fourth-order valence-corrected chi connectivity index (χ4v) is 2.22. The lowest BCUT2D eigenvalue weighted by molar-refractivity contribution is -0.147. The molecule has 0 amide bonds. The standard InChI is InChI=1S/C14H15N3O4/c1-20-11-4-2-9(3-5-11)13-15-12(21-16-13)8-17-6-10(7-17)14(18)19/h2-5,10H,6-8H2,1H3,(H,18,19). The van der Waals surface area contributed by atoms with Gasteiger partial charge >= 0.3 is 5.97 Å². The highest BCUT2D eigenvalue weighted by Crippen LogP contribution is 2.22. The van der Waals surface area contributed by atoms with Crippen LogP contribution in [0.3, 0.4) is 0 Å². The van der Waals surface area contributed by atoms with Gasteiger partial charge in [-0.05, 0) is 24.3 Å². The largest absolute Gasteiger partial charge is 0.497 e. The molecule has 0 unspecified atom stereocenters. The van der Waals surface area contributed by atoms with E-state index in [4.69, 9.17) is 14.4 Å². The third-order valence-corrected chi connectivity index (χ3v) is 3.48. The Hall–Kier alpha value is -2.41. The van der Waals surface area contributed by atoms with Crippen LogP contribution in [0.5, 0.6) is 5.75 Å². The minimum Gasteiger partial charge on any atom is -0.497 e. The molecule has 0 aliphatic carbocycles. The normalized spacial score (nSPS) is 15.7. The number of carbonyl (C=O) groups is 1. The fourth-order valence-electron chi connectivity index (χ4n) is 2.22. The van der Waals surface area contributed by atoms with Gasteiger partial charge in [0.2, 0.25) is 11.7 Å². The van der Waals surface area contributed by atoms with Crippen LogP contribution in [0, 0.1) is 5.92 Å². The highest BCUT2D eigenvalue weighted by Gasteiger charge is 2.33. The second-order valence-corrected chi connectivity index (χ2v) is 4.97. The molecule has 1 aromatic carbocycles. The zero-order valence-electron chi connectivity index (χ0n) is 11.5. The van der Waals surface area contributed by atoms with Gasteiger partial charge in [-0.2, -0.15) is 4.98 Å². The van der Waals surface area contributed by atoms with Crippen molar-refractivity contribution in [3.05, 3.63) is 30.2 Å². The Morgan fingerprint density at radius 3 is 2.76 bits per heavy atom. The number of nitrogens with zero attached hydrogens (tertiary/aromatic N) is 3. The summed E-state index contributed by atoms with van der Waals surface area (Å²) in [5.41, 5.74) is 0.845. The van der Waals surface area contributed by atoms with Crippen LogP contribution in [0.4, 0.5) is 0 Å². The third-order valence-electron chi connectivity index (χ3n) is 3.48. The lowest BCUT2D eigenvalue weighted by Crippen LogP contribution is -2.49. The molecule has 0 saturated carbocycles. The molecular formula is C14H15N3O4. The Morgan fingerprint density at radius 1 is 1.43 bits per heavy atom. The second kappa shape index (κ2) is 5.53. The molecule has 7 heteroatoms. The lowest BCUT2D eigenvalue weighted by Gasteiger charge is -2.35. The number of aromatic nitrogens is 2. The summed E-state index contributed by atoms with van der Waals surface area (Å²) in [5, 5.41) is 12.8. The molecule has 7 nitrogen and oxygen atoms in total. The van der Waals surface area contributed by atoms with E-state index in [1.165, 1.54) is 0 Å². The summed E-state index contributed by atoms with van der Waals surface area (Å²) in [6.07, 6.45) is 0. The summed E-state index contributed by atoms with van der Waals surface area (Å²) in [6, 6.07) is 7.38. The Balaban J connectivity index is 1.62. The molecule has 1 aromatic heterocycles. The summed E-state index contributed by atoms with van der Waals surface area (Å²) >= 11 is 0. The number of carboxylic acids is 1. The first kappa shape index (κ1) is 13.6. The zero-order chi connectivity index (χ0) is 14.8. The second-order valence-electron chi connectivity index (χ2n) is 4.97. The maximum Gasteiger partial charge on any atom is 0.309 e. The molecule has 1 aliphatic heterocycles. The first-order valence-corrected chi connectivity index (χ1v) is 6.58. The van der Waals surface area contributed by atoms with E-state index in [9.17, 15) is 4.79 Å². The molecular weight excluding hydrogens is 274 g/mol. The van der Waals surface area contributed by atoms with Gasteiger partial charge in [0, 0.05) is 18.7 Å². The minimum atomic E-state index is -0.754. The molecule has 1 N–H and O–H groups in total. The molecule has 0 atom stereocenters. The maximum absolute atomic E-state index is 10.7. The summed E-state index contributed by atoms with van der Waals surface area (Å²) < 4.78 is 10.3. The molecule has 0 bridgehead atoms. The van der Waals surface area contributed by atoms with Crippen molar-refractivity contribution in [2.45, 2.75) is 6.54 Å². The quantitative estimate of drug-likeness (QED) is 0.886. The number of ether oxygens (including phenoxy) is 1. The molecule has 1 fully saturated rings. The van der Waals surface area contributed by atoms with Crippen molar-refractivity contribution in [1.29, 1.82) is 0 Å². The highest BCUT2D eigenvalue weighted by molar-refractivity contribution is 5.71. The SMILES string of the molecule is COc1ccc(-c2noc(CN3CC(C(=O)O)C3)n2)cc1. The molecule has 2 heterocycles. The molecule has 0 spiro atoms. The smallest absolute Gasteiger partial charge is 0.309 e. The summed E-state index contributed by atoms with van der Waals surface area (Å²) in [7, 11) is 1.61. The van der Waals surface area contributed by atoms with Crippen molar-refractivity contribution >= 4 is 5.97 Å². The average Bonchev–Trinajstić information content (AvgIpc) is 2.90. The van der Waals surface area contributed by atoms with Gasteiger partial charge < -0.3 is 14.4 Å². The van der Waals surface area contributed by atoms with Crippen LogP contribution >= 0.6 is 0 Å². The van der Waals surface area contributed by atoms with Crippen LogP contribution in [0.25, 0.3) is 11.4 Å². The van der Waals surface area contributed by atoms with E-state index >= 15 is 0 Å². The molecule has 21 heavy (non-hydrogen) atoms. The van der Waals surface area contributed by atoms with Crippen molar-refractivity contribution < 1.29 is 19.2 Å². The number of benzene rings is 1. The summed E-state index contributed by atoms with van der Waals surface area (Å²) in [5.74, 6) is 0.736. The Morgan fingerprint density at radius 2 is 2.14 bits per heavy atom. The summed E-state index contributed by atoms with van der Waals surface area (Å²) in [4.78, 5) is 17.0. The Bertz CT molecular complexity index is 632. The minimum absolute atomic E-state index is 0.283. The van der Waals surface area contributed by atoms with Gasteiger partial charge in [0.05, 0.1) is 19.6 Å². The molecule has 1 aliphatic rings. The number of carboxylic acid groups (broad SMARTS) is 1. The molecule has 0 radical (unpaired) electrons. The molecule has 110 valence electrons. The Labute approximate surface area is 121 Å². The highest BCUT2D eigenvalue weighted by atomic mass is 16.5. The van der Waals surface area contributed by atoms with E-state index in [0.29, 0.717) is 31.3 Å². The topological polar surface area (TPSA) is 88.7 Å². The van der Waals surface area contributed by atoms with E-state index < -0.39 is 5.97 Å². The van der Waals surface area contributed by atoms with Gasteiger partial charge in [-0.1, -0.05) is 5.16 Å². The number of hydrogen-bond acceptors (Lipinski definition) is 6. The van der Waals surface area contributed by atoms with Gasteiger partial charge in [0.25, 0.3) is 0 Å². The summed E-state index contributed by atoms with van der Waals surface area (Å²) in [6.45, 7) is 1.53. The van der Waals surface area contributed by atoms with Gasteiger partial charge in [-0.3, -0.25) is 9.69 Å². The average molecular weight is 289 g/mol. The number of methoxy groups -OCH3 is 1.